The summed E-state index contributed by atoms with van der Waals surface area (Å²) in [6.07, 6.45) is 0. The highest BCUT2D eigenvalue weighted by Gasteiger charge is 2.16. The first-order chi connectivity index (χ1) is 11.1. The number of carboxylic acids is 1. The van der Waals surface area contributed by atoms with Gasteiger partial charge in [0.15, 0.2) is 5.69 Å². The predicted molar refractivity (Wildman–Crippen MR) is 82.5 cm³/mol. The van der Waals surface area contributed by atoms with Gasteiger partial charge in [0.25, 0.3) is 0 Å². The van der Waals surface area contributed by atoms with Crippen LogP contribution in [-0.2, 0) is 0 Å². The van der Waals surface area contributed by atoms with Crippen LogP contribution in [0.4, 0.5) is 4.39 Å². The molecule has 0 unspecified atom stereocenters. The Hall–Kier alpha value is -3.15. The average molecular weight is 312 g/mol. The highest BCUT2D eigenvalue weighted by Crippen LogP contribution is 2.25. The summed E-state index contributed by atoms with van der Waals surface area (Å²) in [4.78, 5) is 11.2. The van der Waals surface area contributed by atoms with Gasteiger partial charge < -0.3 is 9.84 Å². The lowest BCUT2D eigenvalue weighted by Gasteiger charge is -2.08. The van der Waals surface area contributed by atoms with E-state index >= 15 is 0 Å². The lowest BCUT2D eigenvalue weighted by atomic mass is 10.1. The Morgan fingerprint density at radius 3 is 2.35 bits per heavy atom. The molecule has 0 bridgehead atoms. The van der Waals surface area contributed by atoms with Crippen LogP contribution in [0.25, 0.3) is 16.9 Å². The van der Waals surface area contributed by atoms with Crippen LogP contribution in [0.2, 0.25) is 0 Å². The van der Waals surface area contributed by atoms with Crippen molar-refractivity contribution in [2.45, 2.75) is 0 Å². The number of carbonyl (C=O) groups is 1. The molecule has 0 amide bonds. The van der Waals surface area contributed by atoms with E-state index in [1.165, 1.54) is 22.9 Å². The van der Waals surface area contributed by atoms with E-state index in [-0.39, 0.29) is 11.5 Å². The van der Waals surface area contributed by atoms with Crippen LogP contribution in [0.15, 0.2) is 54.6 Å². The monoisotopic (exact) mass is 312 g/mol. The third kappa shape index (κ3) is 2.91. The number of hydrogen-bond donors (Lipinski definition) is 1. The molecule has 5 nitrogen and oxygen atoms in total. The van der Waals surface area contributed by atoms with Crippen molar-refractivity contribution < 1.29 is 19.0 Å². The van der Waals surface area contributed by atoms with E-state index < -0.39 is 5.97 Å². The molecule has 2 aromatic carbocycles. The van der Waals surface area contributed by atoms with Crippen LogP contribution < -0.4 is 4.74 Å². The fourth-order valence-corrected chi connectivity index (χ4v) is 2.23. The number of aromatic nitrogens is 2. The van der Waals surface area contributed by atoms with Crippen LogP contribution in [0.3, 0.4) is 0 Å². The van der Waals surface area contributed by atoms with Gasteiger partial charge in [0.1, 0.15) is 11.6 Å². The molecule has 0 atom stereocenters. The number of benzene rings is 2. The summed E-state index contributed by atoms with van der Waals surface area (Å²) in [6.45, 7) is 0. The predicted octanol–water partition coefficient (Wildman–Crippen LogP) is 3.39. The first kappa shape index (κ1) is 14.8. The summed E-state index contributed by atoms with van der Waals surface area (Å²) in [6, 6.07) is 14.3. The van der Waals surface area contributed by atoms with E-state index in [9.17, 15) is 14.3 Å². The standard InChI is InChI=1S/C17H13FN2O3/c1-23-14-8-6-13(7-9-14)20-16(10-15(19-20)17(21)22)11-2-4-12(18)5-3-11/h2-10H,1H3,(H,21,22). The number of hydrogen-bond acceptors (Lipinski definition) is 3. The summed E-state index contributed by atoms with van der Waals surface area (Å²) in [5, 5.41) is 13.3. The molecule has 0 saturated heterocycles. The minimum absolute atomic E-state index is 0.0832. The van der Waals surface area contributed by atoms with Gasteiger partial charge in [-0.2, -0.15) is 5.10 Å². The van der Waals surface area contributed by atoms with E-state index in [4.69, 9.17) is 4.74 Å². The molecule has 0 spiro atoms. The number of halogens is 1. The van der Waals surface area contributed by atoms with Crippen molar-refractivity contribution in [2.75, 3.05) is 7.11 Å². The number of aromatic carboxylic acids is 1. The Morgan fingerprint density at radius 1 is 1.13 bits per heavy atom. The zero-order chi connectivity index (χ0) is 16.4. The van der Waals surface area contributed by atoms with E-state index in [0.717, 1.165) is 0 Å². The van der Waals surface area contributed by atoms with Gasteiger partial charge in [-0.3, -0.25) is 0 Å². The molecule has 116 valence electrons. The van der Waals surface area contributed by atoms with Crippen LogP contribution >= 0.6 is 0 Å². The molecule has 0 aliphatic rings. The third-order valence-electron chi connectivity index (χ3n) is 3.39. The molecule has 0 radical (unpaired) electrons. The molecule has 0 saturated carbocycles. The maximum atomic E-state index is 13.1. The molecule has 1 N–H and O–H groups in total. The Labute approximate surface area is 131 Å². The molecular formula is C17H13FN2O3. The number of ether oxygens (including phenoxy) is 1. The summed E-state index contributed by atoms with van der Waals surface area (Å²) in [7, 11) is 1.56. The van der Waals surface area contributed by atoms with E-state index in [1.807, 2.05) is 0 Å². The van der Waals surface area contributed by atoms with Crippen molar-refractivity contribution in [3.63, 3.8) is 0 Å². The van der Waals surface area contributed by atoms with Crippen LogP contribution in [0.1, 0.15) is 10.5 Å². The Morgan fingerprint density at radius 2 is 1.78 bits per heavy atom. The third-order valence-corrected chi connectivity index (χ3v) is 3.39. The van der Waals surface area contributed by atoms with E-state index in [1.54, 1.807) is 43.5 Å². The van der Waals surface area contributed by atoms with Gasteiger partial charge in [-0.15, -0.1) is 0 Å². The first-order valence-electron chi connectivity index (χ1n) is 6.82. The lowest BCUT2D eigenvalue weighted by molar-refractivity contribution is 0.0690. The molecule has 0 aliphatic heterocycles. The summed E-state index contributed by atoms with van der Waals surface area (Å²) in [5.41, 5.74) is 1.83. The number of methoxy groups -OCH3 is 1. The molecule has 1 aromatic heterocycles. The number of rotatable bonds is 4. The topological polar surface area (TPSA) is 64.4 Å². The van der Waals surface area contributed by atoms with Gasteiger partial charge in [-0.1, -0.05) is 0 Å². The van der Waals surface area contributed by atoms with Crippen LogP contribution in [-0.4, -0.2) is 28.0 Å². The summed E-state index contributed by atoms with van der Waals surface area (Å²) >= 11 is 0. The largest absolute Gasteiger partial charge is 0.497 e. The van der Waals surface area contributed by atoms with Gasteiger partial charge in [0, 0.05) is 5.56 Å². The van der Waals surface area contributed by atoms with Gasteiger partial charge in [-0.05, 0) is 54.6 Å². The quantitative estimate of drug-likeness (QED) is 0.802. The minimum atomic E-state index is -1.12. The van der Waals surface area contributed by atoms with Gasteiger partial charge in [0.2, 0.25) is 0 Å². The number of nitrogens with zero attached hydrogens (tertiary/aromatic N) is 2. The maximum Gasteiger partial charge on any atom is 0.356 e. The van der Waals surface area contributed by atoms with E-state index in [0.29, 0.717) is 22.7 Å². The van der Waals surface area contributed by atoms with Crippen molar-refractivity contribution in [2.24, 2.45) is 0 Å². The second-order valence-corrected chi connectivity index (χ2v) is 4.84. The lowest BCUT2D eigenvalue weighted by Crippen LogP contribution is -2.02. The van der Waals surface area contributed by atoms with Crippen molar-refractivity contribution >= 4 is 5.97 Å². The Kier molecular flexibility index (Phi) is 3.80. The molecule has 0 fully saturated rings. The Bertz CT molecular complexity index is 839. The molecule has 23 heavy (non-hydrogen) atoms. The second-order valence-electron chi connectivity index (χ2n) is 4.84. The van der Waals surface area contributed by atoms with Crippen LogP contribution in [0.5, 0.6) is 5.75 Å². The smallest absolute Gasteiger partial charge is 0.356 e. The molecule has 3 aromatic rings. The highest BCUT2D eigenvalue weighted by molar-refractivity contribution is 5.87. The fourth-order valence-electron chi connectivity index (χ4n) is 2.23. The summed E-state index contributed by atoms with van der Waals surface area (Å²) in [5.74, 6) is -0.800. The first-order valence-corrected chi connectivity index (χ1v) is 6.82. The SMILES string of the molecule is COc1ccc(-n2nc(C(=O)O)cc2-c2ccc(F)cc2)cc1. The fraction of sp³-hybridized carbons (Fsp3) is 0.0588. The minimum Gasteiger partial charge on any atom is -0.497 e. The molecule has 0 aliphatic carbocycles. The summed E-state index contributed by atoms with van der Waals surface area (Å²) < 4.78 is 19.7. The Balaban J connectivity index is 2.13. The maximum absolute atomic E-state index is 13.1. The molecule has 6 heteroatoms. The van der Waals surface area contributed by atoms with Crippen molar-refractivity contribution in [3.05, 3.63) is 66.1 Å². The van der Waals surface area contributed by atoms with E-state index in [2.05, 4.69) is 5.10 Å². The second kappa shape index (κ2) is 5.92. The molecule has 1 heterocycles. The molecule has 3 rings (SSSR count). The number of carboxylic acid groups (broad SMARTS) is 1. The van der Waals surface area contributed by atoms with Gasteiger partial charge in [-0.25, -0.2) is 13.9 Å². The zero-order valence-electron chi connectivity index (χ0n) is 12.2. The average Bonchev–Trinajstić information content (AvgIpc) is 3.01. The van der Waals surface area contributed by atoms with Crippen molar-refractivity contribution in [3.8, 4) is 22.7 Å². The zero-order valence-corrected chi connectivity index (χ0v) is 12.2. The normalized spacial score (nSPS) is 10.5. The van der Waals surface area contributed by atoms with Gasteiger partial charge >= 0.3 is 5.97 Å². The van der Waals surface area contributed by atoms with Crippen LogP contribution in [0, 0.1) is 5.82 Å². The molecular weight excluding hydrogens is 299 g/mol. The highest BCUT2D eigenvalue weighted by atomic mass is 19.1. The van der Waals surface area contributed by atoms with Crippen molar-refractivity contribution in [1.29, 1.82) is 0 Å². The van der Waals surface area contributed by atoms with Crippen molar-refractivity contribution in [1.82, 2.24) is 9.78 Å². The van der Waals surface area contributed by atoms with Gasteiger partial charge in [0.05, 0.1) is 18.5 Å².